The summed E-state index contributed by atoms with van der Waals surface area (Å²) in [5, 5.41) is 5.98. The molecule has 25 heavy (non-hydrogen) atoms. The number of nitrogens with one attached hydrogen (secondary N) is 2. The number of carbonyl (C=O) groups excluding carboxylic acids is 1. The van der Waals surface area contributed by atoms with Crippen LogP contribution in [-0.4, -0.2) is 29.6 Å². The lowest BCUT2D eigenvalue weighted by molar-refractivity contribution is -0.119. The van der Waals surface area contributed by atoms with E-state index in [9.17, 15) is 4.79 Å². The van der Waals surface area contributed by atoms with E-state index in [1.54, 1.807) is 0 Å². The highest BCUT2D eigenvalue weighted by Gasteiger charge is 2.04. The number of anilines is 3. The predicted octanol–water partition coefficient (Wildman–Crippen LogP) is 3.47. The summed E-state index contributed by atoms with van der Waals surface area (Å²) in [6, 6.07) is 19.2. The van der Waals surface area contributed by atoms with E-state index in [1.165, 1.54) is 13.4 Å². The second-order valence-electron chi connectivity index (χ2n) is 5.34. The van der Waals surface area contributed by atoms with Crippen LogP contribution in [0.1, 0.15) is 0 Å². The van der Waals surface area contributed by atoms with Gasteiger partial charge in [0.2, 0.25) is 5.91 Å². The van der Waals surface area contributed by atoms with Crippen LogP contribution in [0.15, 0.2) is 67.0 Å². The van der Waals surface area contributed by atoms with Crippen LogP contribution in [0.2, 0.25) is 0 Å². The normalized spacial score (nSPS) is 10.3. The first-order valence-electron chi connectivity index (χ1n) is 7.78. The highest BCUT2D eigenvalue weighted by Crippen LogP contribution is 2.21. The van der Waals surface area contributed by atoms with Gasteiger partial charge in [-0.05, 0) is 24.3 Å². The minimum atomic E-state index is -0.188. The van der Waals surface area contributed by atoms with Gasteiger partial charge >= 0.3 is 0 Å². The maximum absolute atomic E-state index is 11.5. The third-order valence-electron chi connectivity index (χ3n) is 3.45. The summed E-state index contributed by atoms with van der Waals surface area (Å²) in [5.74, 6) is 0.511. The first kappa shape index (κ1) is 16.6. The Bertz CT molecular complexity index is 836. The summed E-state index contributed by atoms with van der Waals surface area (Å²) < 4.78 is 4.79. The maximum atomic E-state index is 11.5. The molecule has 6 heteroatoms. The van der Waals surface area contributed by atoms with E-state index >= 15 is 0 Å². The van der Waals surface area contributed by atoms with E-state index in [2.05, 4.69) is 20.6 Å². The van der Waals surface area contributed by atoms with Crippen molar-refractivity contribution in [2.24, 2.45) is 0 Å². The first-order chi connectivity index (χ1) is 12.2. The standard InChI is InChI=1S/C19H18N4O2/c1-25-12-19(24)23-16-9-7-15(8-10-16)22-18-11-17(20-13-21-18)14-5-3-2-4-6-14/h2-11,13H,12H2,1H3,(H,23,24)(H,20,21,22). The lowest BCUT2D eigenvalue weighted by Crippen LogP contribution is -2.16. The van der Waals surface area contributed by atoms with Crippen molar-refractivity contribution in [1.29, 1.82) is 0 Å². The number of nitrogens with zero attached hydrogens (tertiary/aromatic N) is 2. The minimum Gasteiger partial charge on any atom is -0.375 e. The Balaban J connectivity index is 1.69. The van der Waals surface area contributed by atoms with Gasteiger partial charge in [-0.1, -0.05) is 30.3 Å². The molecule has 126 valence electrons. The second-order valence-corrected chi connectivity index (χ2v) is 5.34. The van der Waals surface area contributed by atoms with Gasteiger partial charge in [-0.2, -0.15) is 0 Å². The van der Waals surface area contributed by atoms with Crippen molar-refractivity contribution in [3.63, 3.8) is 0 Å². The molecule has 0 saturated heterocycles. The van der Waals surface area contributed by atoms with Gasteiger partial charge in [0.1, 0.15) is 18.8 Å². The van der Waals surface area contributed by atoms with Crippen LogP contribution in [0.25, 0.3) is 11.3 Å². The number of rotatable bonds is 6. The molecule has 0 saturated carbocycles. The van der Waals surface area contributed by atoms with Crippen LogP contribution in [0.5, 0.6) is 0 Å². The number of hydrogen-bond donors (Lipinski definition) is 2. The monoisotopic (exact) mass is 334 g/mol. The largest absolute Gasteiger partial charge is 0.375 e. The van der Waals surface area contributed by atoms with Crippen LogP contribution in [0, 0.1) is 0 Å². The van der Waals surface area contributed by atoms with E-state index < -0.39 is 0 Å². The molecule has 0 aliphatic rings. The van der Waals surface area contributed by atoms with E-state index in [4.69, 9.17) is 4.74 Å². The number of hydrogen-bond acceptors (Lipinski definition) is 5. The van der Waals surface area contributed by atoms with Gasteiger partial charge in [0.05, 0.1) is 5.69 Å². The molecule has 0 spiro atoms. The van der Waals surface area contributed by atoms with Crippen molar-refractivity contribution in [3.8, 4) is 11.3 Å². The van der Waals surface area contributed by atoms with Gasteiger partial charge in [-0.3, -0.25) is 4.79 Å². The zero-order valence-electron chi connectivity index (χ0n) is 13.8. The summed E-state index contributed by atoms with van der Waals surface area (Å²) in [7, 11) is 1.48. The van der Waals surface area contributed by atoms with Crippen LogP contribution in [0.4, 0.5) is 17.2 Å². The van der Waals surface area contributed by atoms with Crippen LogP contribution in [0.3, 0.4) is 0 Å². The molecular weight excluding hydrogens is 316 g/mol. The van der Waals surface area contributed by atoms with Crippen molar-refractivity contribution >= 4 is 23.1 Å². The third kappa shape index (κ3) is 4.62. The lowest BCUT2D eigenvalue weighted by atomic mass is 10.1. The van der Waals surface area contributed by atoms with Gasteiger partial charge < -0.3 is 15.4 Å². The summed E-state index contributed by atoms with van der Waals surface area (Å²) in [5.41, 5.74) is 3.45. The highest BCUT2D eigenvalue weighted by atomic mass is 16.5. The minimum absolute atomic E-state index is 0.0310. The summed E-state index contributed by atoms with van der Waals surface area (Å²) in [6.45, 7) is 0.0310. The molecule has 1 heterocycles. The molecule has 0 unspecified atom stereocenters. The molecule has 0 radical (unpaired) electrons. The molecule has 0 atom stereocenters. The molecule has 3 aromatic rings. The molecular formula is C19H18N4O2. The van der Waals surface area contributed by atoms with Gasteiger partial charge in [0.15, 0.2) is 0 Å². The summed E-state index contributed by atoms with van der Waals surface area (Å²) in [6.07, 6.45) is 1.53. The number of ether oxygens (including phenoxy) is 1. The Labute approximate surface area is 145 Å². The van der Waals surface area contributed by atoms with Gasteiger partial charge in [0.25, 0.3) is 0 Å². The average molecular weight is 334 g/mol. The van der Waals surface area contributed by atoms with Crippen LogP contribution in [-0.2, 0) is 9.53 Å². The Kier molecular flexibility index (Phi) is 5.33. The van der Waals surface area contributed by atoms with Crippen molar-refractivity contribution in [3.05, 3.63) is 67.0 Å². The van der Waals surface area contributed by atoms with Crippen molar-refractivity contribution in [1.82, 2.24) is 9.97 Å². The lowest BCUT2D eigenvalue weighted by Gasteiger charge is -2.09. The van der Waals surface area contributed by atoms with Gasteiger partial charge in [0, 0.05) is 30.1 Å². The van der Waals surface area contributed by atoms with E-state index in [0.717, 1.165) is 16.9 Å². The molecule has 2 aromatic carbocycles. The number of methoxy groups -OCH3 is 1. The molecule has 3 rings (SSSR count). The number of carbonyl (C=O) groups is 1. The average Bonchev–Trinajstić information content (AvgIpc) is 2.65. The molecule has 6 nitrogen and oxygen atoms in total. The Morgan fingerprint density at radius 2 is 1.72 bits per heavy atom. The van der Waals surface area contributed by atoms with Crippen molar-refractivity contribution < 1.29 is 9.53 Å². The molecule has 1 aromatic heterocycles. The van der Waals surface area contributed by atoms with Crippen LogP contribution < -0.4 is 10.6 Å². The molecule has 0 fully saturated rings. The molecule has 1 amide bonds. The molecule has 0 aliphatic carbocycles. The van der Waals surface area contributed by atoms with E-state index in [-0.39, 0.29) is 12.5 Å². The Morgan fingerprint density at radius 1 is 1.00 bits per heavy atom. The van der Waals surface area contributed by atoms with E-state index in [0.29, 0.717) is 11.5 Å². The van der Waals surface area contributed by atoms with Crippen molar-refractivity contribution in [2.75, 3.05) is 24.4 Å². The fourth-order valence-electron chi connectivity index (χ4n) is 2.31. The van der Waals surface area contributed by atoms with Crippen molar-refractivity contribution in [2.45, 2.75) is 0 Å². The predicted molar refractivity (Wildman–Crippen MR) is 97.7 cm³/mol. The molecule has 0 aliphatic heterocycles. The van der Waals surface area contributed by atoms with Gasteiger partial charge in [-0.15, -0.1) is 0 Å². The Hall–Kier alpha value is -3.25. The number of aromatic nitrogens is 2. The second kappa shape index (κ2) is 8.03. The number of benzene rings is 2. The molecule has 0 bridgehead atoms. The summed E-state index contributed by atoms with van der Waals surface area (Å²) in [4.78, 5) is 20.0. The van der Waals surface area contributed by atoms with E-state index in [1.807, 2.05) is 60.7 Å². The molecule has 2 N–H and O–H groups in total. The zero-order chi connectivity index (χ0) is 17.5. The highest BCUT2D eigenvalue weighted by molar-refractivity contribution is 5.91. The zero-order valence-corrected chi connectivity index (χ0v) is 13.8. The fourth-order valence-corrected chi connectivity index (χ4v) is 2.31. The summed E-state index contributed by atoms with van der Waals surface area (Å²) >= 11 is 0. The SMILES string of the molecule is COCC(=O)Nc1ccc(Nc2cc(-c3ccccc3)ncn2)cc1. The first-order valence-corrected chi connectivity index (χ1v) is 7.78. The Morgan fingerprint density at radius 3 is 2.44 bits per heavy atom. The van der Waals surface area contributed by atoms with Crippen LogP contribution >= 0.6 is 0 Å². The fraction of sp³-hybridized carbons (Fsp3) is 0.105. The topological polar surface area (TPSA) is 76.1 Å². The van der Waals surface area contributed by atoms with Gasteiger partial charge in [-0.25, -0.2) is 9.97 Å². The number of amides is 1. The quantitative estimate of drug-likeness (QED) is 0.722. The smallest absolute Gasteiger partial charge is 0.250 e. The maximum Gasteiger partial charge on any atom is 0.250 e. The third-order valence-corrected chi connectivity index (χ3v) is 3.45.